The summed E-state index contributed by atoms with van der Waals surface area (Å²) < 4.78 is 0.440. The van der Waals surface area contributed by atoms with Crippen LogP contribution in [0.4, 0.5) is 5.69 Å². The summed E-state index contributed by atoms with van der Waals surface area (Å²) in [6.07, 6.45) is 2.65. The first kappa shape index (κ1) is 22.0. The van der Waals surface area contributed by atoms with Crippen molar-refractivity contribution in [2.45, 2.75) is 27.2 Å². The van der Waals surface area contributed by atoms with Crippen molar-refractivity contribution in [2.75, 3.05) is 5.01 Å². The molecule has 0 atom stereocenters. The number of benzene rings is 1. The molecule has 1 aromatic rings. The van der Waals surface area contributed by atoms with E-state index >= 15 is 0 Å². The summed E-state index contributed by atoms with van der Waals surface area (Å²) in [5, 5.41) is 15.9. The summed E-state index contributed by atoms with van der Waals surface area (Å²) in [5.41, 5.74) is 0.688. The highest BCUT2D eigenvalue weighted by Gasteiger charge is 2.17. The third-order valence-electron chi connectivity index (χ3n) is 2.20. The fraction of sp³-hybridized carbons (Fsp3) is 0.267. The standard InChI is InChI=1S/C12H15N5O2S2.C3H8/c1-3-11(17(18)19)20-9(2)21-12(15-13)16(14)10-7-5-4-6-8-10;1-3-2/h3-8H,2,13-14H2,1H3;3H2,1-2H3/b11-3-,15-12+;. The number of hydrazone groups is 1. The second kappa shape index (κ2) is 12.5. The largest absolute Gasteiger partial charge is 0.321 e. The normalized spacial score (nSPS) is 11.3. The number of anilines is 1. The number of hydrazine groups is 1. The summed E-state index contributed by atoms with van der Waals surface area (Å²) in [6, 6.07) is 9.07. The minimum absolute atomic E-state index is 0.0212. The van der Waals surface area contributed by atoms with Crippen molar-refractivity contribution in [3.63, 3.8) is 0 Å². The Bertz CT molecular complexity index is 591. The summed E-state index contributed by atoms with van der Waals surface area (Å²) in [7, 11) is 0. The molecule has 0 fully saturated rings. The number of nitrogens with two attached hydrogens (primary N) is 2. The zero-order valence-corrected chi connectivity index (χ0v) is 15.6. The predicted octanol–water partition coefficient (Wildman–Crippen LogP) is 4.09. The molecule has 0 aromatic heterocycles. The minimum atomic E-state index is -0.479. The number of nitro groups is 1. The van der Waals surface area contributed by atoms with E-state index in [-0.39, 0.29) is 10.2 Å². The summed E-state index contributed by atoms with van der Waals surface area (Å²) in [5.74, 6) is 11.3. The van der Waals surface area contributed by atoms with Gasteiger partial charge < -0.3 is 5.84 Å². The summed E-state index contributed by atoms with van der Waals surface area (Å²) in [4.78, 5) is 10.3. The topological polar surface area (TPSA) is 111 Å². The average molecular weight is 370 g/mol. The molecule has 0 aliphatic carbocycles. The van der Waals surface area contributed by atoms with Crippen LogP contribution in [0.2, 0.25) is 0 Å². The van der Waals surface area contributed by atoms with Gasteiger partial charge in [0.2, 0.25) is 5.17 Å². The lowest BCUT2D eigenvalue weighted by molar-refractivity contribution is -0.410. The first-order chi connectivity index (χ1) is 11.4. The predicted molar refractivity (Wildman–Crippen MR) is 106 cm³/mol. The van der Waals surface area contributed by atoms with Crippen molar-refractivity contribution in [2.24, 2.45) is 16.8 Å². The lowest BCUT2D eigenvalue weighted by atomic mass is 10.3. The van der Waals surface area contributed by atoms with Gasteiger partial charge in [-0.3, -0.25) is 15.1 Å². The highest BCUT2D eigenvalue weighted by Crippen LogP contribution is 2.34. The van der Waals surface area contributed by atoms with E-state index in [4.69, 9.17) is 11.7 Å². The molecule has 0 aliphatic heterocycles. The van der Waals surface area contributed by atoms with Crippen molar-refractivity contribution in [1.29, 1.82) is 0 Å². The number of rotatable bonds is 5. The van der Waals surface area contributed by atoms with Gasteiger partial charge in [-0.05, 0) is 48.7 Å². The van der Waals surface area contributed by atoms with Crippen LogP contribution in [0.15, 0.2) is 57.4 Å². The molecular weight excluding hydrogens is 346 g/mol. The number of para-hydroxylation sites is 1. The number of hydrogen-bond donors (Lipinski definition) is 2. The Morgan fingerprint density at radius 3 is 2.33 bits per heavy atom. The molecule has 0 radical (unpaired) electrons. The van der Waals surface area contributed by atoms with Crippen molar-refractivity contribution >= 4 is 34.4 Å². The van der Waals surface area contributed by atoms with Gasteiger partial charge in [-0.25, -0.2) is 5.84 Å². The van der Waals surface area contributed by atoms with Crippen LogP contribution in [0.3, 0.4) is 0 Å². The molecule has 0 saturated heterocycles. The van der Waals surface area contributed by atoms with Gasteiger partial charge in [0.15, 0.2) is 0 Å². The van der Waals surface area contributed by atoms with Crippen molar-refractivity contribution in [3.05, 3.63) is 62.4 Å². The Kier molecular flexibility index (Phi) is 11.4. The highest BCUT2D eigenvalue weighted by molar-refractivity contribution is 8.30. The van der Waals surface area contributed by atoms with Crippen LogP contribution in [0.25, 0.3) is 0 Å². The van der Waals surface area contributed by atoms with Gasteiger partial charge in [0, 0.05) is 0 Å². The number of nitrogens with zero attached hydrogens (tertiary/aromatic N) is 3. The molecular formula is C15H23N5O2S2. The Balaban J connectivity index is 0.00000163. The van der Waals surface area contributed by atoms with Gasteiger partial charge in [-0.2, -0.15) is 5.10 Å². The number of allylic oxidation sites excluding steroid dienone is 1. The zero-order valence-electron chi connectivity index (χ0n) is 14.0. The molecule has 0 saturated carbocycles. The number of amidine groups is 1. The van der Waals surface area contributed by atoms with Crippen LogP contribution in [0, 0.1) is 10.1 Å². The molecule has 0 aliphatic rings. The molecule has 0 bridgehead atoms. The quantitative estimate of drug-likeness (QED) is 0.264. The van der Waals surface area contributed by atoms with Crippen LogP contribution in [-0.2, 0) is 0 Å². The third-order valence-corrected chi connectivity index (χ3v) is 4.24. The van der Waals surface area contributed by atoms with Crippen molar-refractivity contribution in [3.8, 4) is 0 Å². The van der Waals surface area contributed by atoms with Crippen LogP contribution in [-0.4, -0.2) is 10.1 Å². The molecule has 1 rings (SSSR count). The monoisotopic (exact) mass is 369 g/mol. The van der Waals surface area contributed by atoms with E-state index in [2.05, 4.69) is 25.5 Å². The molecule has 1 aromatic carbocycles. The molecule has 0 heterocycles. The van der Waals surface area contributed by atoms with Gasteiger partial charge in [0.25, 0.3) is 0 Å². The van der Waals surface area contributed by atoms with E-state index in [9.17, 15) is 10.1 Å². The first-order valence-corrected chi connectivity index (χ1v) is 8.77. The van der Waals surface area contributed by atoms with Gasteiger partial charge >= 0.3 is 5.03 Å². The van der Waals surface area contributed by atoms with E-state index in [0.717, 1.165) is 23.5 Å². The van der Waals surface area contributed by atoms with E-state index < -0.39 is 4.92 Å². The minimum Gasteiger partial charge on any atom is -0.321 e. The second-order valence-corrected chi connectivity index (χ2v) is 6.72. The van der Waals surface area contributed by atoms with E-state index in [0.29, 0.717) is 9.92 Å². The number of thioether (sulfide) groups is 2. The van der Waals surface area contributed by atoms with Crippen molar-refractivity contribution < 1.29 is 4.92 Å². The molecule has 7 nitrogen and oxygen atoms in total. The van der Waals surface area contributed by atoms with E-state index in [1.54, 1.807) is 19.1 Å². The molecule has 0 unspecified atom stereocenters. The maximum atomic E-state index is 10.8. The Labute approximate surface area is 151 Å². The van der Waals surface area contributed by atoms with E-state index in [1.165, 1.54) is 17.5 Å². The fourth-order valence-electron chi connectivity index (χ4n) is 1.28. The molecule has 0 spiro atoms. The van der Waals surface area contributed by atoms with Gasteiger partial charge in [-0.1, -0.05) is 45.0 Å². The van der Waals surface area contributed by atoms with Crippen LogP contribution < -0.4 is 16.7 Å². The SMILES string of the molecule is C=C(S/C(=C\C)[N+](=O)[O-])S/C(=N/N)N(N)c1ccccc1.CCC. The first-order valence-electron chi connectivity index (χ1n) is 7.14. The molecule has 132 valence electrons. The Morgan fingerprint density at radius 1 is 1.38 bits per heavy atom. The van der Waals surface area contributed by atoms with Gasteiger partial charge in [0.1, 0.15) is 0 Å². The zero-order chi connectivity index (χ0) is 18.5. The molecule has 9 heteroatoms. The molecule has 24 heavy (non-hydrogen) atoms. The third kappa shape index (κ3) is 8.04. The van der Waals surface area contributed by atoms with E-state index in [1.807, 2.05) is 18.2 Å². The van der Waals surface area contributed by atoms with Gasteiger partial charge in [0.05, 0.1) is 14.8 Å². The smallest absolute Gasteiger partial charge is 0.304 e. The lowest BCUT2D eigenvalue weighted by Gasteiger charge is -2.19. The van der Waals surface area contributed by atoms with Crippen LogP contribution in [0.5, 0.6) is 0 Å². The second-order valence-electron chi connectivity index (χ2n) is 4.28. The Hall–Kier alpha value is -1.97. The maximum Gasteiger partial charge on any atom is 0.304 e. The summed E-state index contributed by atoms with van der Waals surface area (Å²) in [6.45, 7) is 9.58. The highest BCUT2D eigenvalue weighted by atomic mass is 32.2. The van der Waals surface area contributed by atoms with Crippen molar-refractivity contribution in [1.82, 2.24) is 0 Å². The average Bonchev–Trinajstić information content (AvgIpc) is 2.58. The van der Waals surface area contributed by atoms with Crippen LogP contribution in [0.1, 0.15) is 27.2 Å². The summed E-state index contributed by atoms with van der Waals surface area (Å²) >= 11 is 1.98. The lowest BCUT2D eigenvalue weighted by Crippen LogP contribution is -2.36. The fourth-order valence-corrected chi connectivity index (χ4v) is 2.81. The Morgan fingerprint density at radius 2 is 1.92 bits per heavy atom. The maximum absolute atomic E-state index is 10.8. The molecule has 0 amide bonds. The number of hydrogen-bond acceptors (Lipinski definition) is 7. The molecule has 4 N–H and O–H groups in total. The van der Waals surface area contributed by atoms with Gasteiger partial charge in [-0.15, -0.1) is 0 Å². The van der Waals surface area contributed by atoms with Crippen LogP contribution >= 0.6 is 23.5 Å².